The monoisotopic (exact) mass is 327 g/mol. The fraction of sp³-hybridized carbons (Fsp3) is 0.625. The van der Waals surface area contributed by atoms with Gasteiger partial charge < -0.3 is 10.1 Å². The molecule has 0 heterocycles. The Morgan fingerprint density at radius 1 is 1.37 bits per heavy atom. The predicted molar refractivity (Wildman–Crippen MR) is 86.0 cm³/mol. The molecule has 0 fully saturated rings. The van der Waals surface area contributed by atoms with Gasteiger partial charge >= 0.3 is 0 Å². The van der Waals surface area contributed by atoms with E-state index in [2.05, 4.69) is 55.0 Å². The molecule has 2 unspecified atom stereocenters. The summed E-state index contributed by atoms with van der Waals surface area (Å²) in [5.41, 5.74) is 3.74. The third-order valence-electron chi connectivity index (χ3n) is 3.85. The van der Waals surface area contributed by atoms with Gasteiger partial charge in [-0.15, -0.1) is 0 Å². The number of methoxy groups -OCH3 is 1. The summed E-state index contributed by atoms with van der Waals surface area (Å²) in [5.74, 6) is 1.60. The zero-order valence-corrected chi connectivity index (χ0v) is 14.5. The molecule has 0 saturated carbocycles. The normalized spacial score (nSPS) is 14.3. The van der Waals surface area contributed by atoms with E-state index in [1.54, 1.807) is 7.11 Å². The summed E-state index contributed by atoms with van der Waals surface area (Å²) in [5, 5.41) is 3.47. The molecule has 1 aromatic rings. The Kier molecular flexibility index (Phi) is 6.34. The van der Waals surface area contributed by atoms with Gasteiger partial charge in [-0.3, -0.25) is 0 Å². The van der Waals surface area contributed by atoms with Crippen molar-refractivity contribution in [2.45, 2.75) is 46.6 Å². The molecule has 0 aliphatic heterocycles. The highest BCUT2D eigenvalue weighted by molar-refractivity contribution is 9.10. The molecule has 0 spiro atoms. The number of hydrogen-bond donors (Lipinski definition) is 1. The van der Waals surface area contributed by atoms with E-state index >= 15 is 0 Å². The van der Waals surface area contributed by atoms with E-state index in [0.29, 0.717) is 12.0 Å². The molecule has 0 aliphatic carbocycles. The van der Waals surface area contributed by atoms with Gasteiger partial charge in [-0.05, 0) is 50.4 Å². The van der Waals surface area contributed by atoms with E-state index in [-0.39, 0.29) is 0 Å². The summed E-state index contributed by atoms with van der Waals surface area (Å²) in [6.07, 6.45) is 2.41. The fourth-order valence-electron chi connectivity index (χ4n) is 2.86. The maximum atomic E-state index is 5.66. The highest BCUT2D eigenvalue weighted by Gasteiger charge is 2.24. The summed E-state index contributed by atoms with van der Waals surface area (Å²) in [4.78, 5) is 0. The molecular formula is C16H26BrNO. The van der Waals surface area contributed by atoms with Crippen LogP contribution in [0.4, 0.5) is 0 Å². The molecule has 3 heteroatoms. The second-order valence-corrected chi connectivity index (χ2v) is 6.13. The van der Waals surface area contributed by atoms with Crippen molar-refractivity contribution in [1.29, 1.82) is 0 Å². The summed E-state index contributed by atoms with van der Waals surface area (Å²) in [6, 6.07) is 2.46. The lowest BCUT2D eigenvalue weighted by Gasteiger charge is -2.28. The Bertz CT molecular complexity index is 431. The van der Waals surface area contributed by atoms with Crippen molar-refractivity contribution in [3.8, 4) is 5.75 Å². The summed E-state index contributed by atoms with van der Waals surface area (Å²) in [7, 11) is 3.79. The maximum Gasteiger partial charge on any atom is 0.126 e. The molecular weight excluding hydrogens is 302 g/mol. The van der Waals surface area contributed by atoms with Gasteiger partial charge in [0.25, 0.3) is 0 Å². The van der Waals surface area contributed by atoms with Crippen LogP contribution in [-0.4, -0.2) is 14.2 Å². The third-order valence-corrected chi connectivity index (χ3v) is 4.67. The Labute approximate surface area is 126 Å². The minimum atomic E-state index is 0.325. The van der Waals surface area contributed by atoms with Gasteiger partial charge in [0.15, 0.2) is 0 Å². The summed E-state index contributed by atoms with van der Waals surface area (Å²) < 4.78 is 6.82. The van der Waals surface area contributed by atoms with Gasteiger partial charge in [0.2, 0.25) is 0 Å². The first kappa shape index (κ1) is 16.5. The zero-order valence-electron chi connectivity index (χ0n) is 12.9. The molecule has 0 aromatic heterocycles. The highest BCUT2D eigenvalue weighted by atomic mass is 79.9. The molecule has 0 radical (unpaired) electrons. The molecule has 2 nitrogen and oxygen atoms in total. The van der Waals surface area contributed by atoms with Gasteiger partial charge in [-0.2, -0.15) is 0 Å². The molecule has 0 aliphatic rings. The Balaban J connectivity index is 3.36. The average molecular weight is 328 g/mol. The van der Waals surface area contributed by atoms with Crippen LogP contribution in [0.15, 0.2) is 10.5 Å². The number of aryl methyl sites for hydroxylation is 1. The quantitative estimate of drug-likeness (QED) is 0.812. The van der Waals surface area contributed by atoms with E-state index in [1.807, 2.05) is 7.05 Å². The molecule has 19 heavy (non-hydrogen) atoms. The van der Waals surface area contributed by atoms with E-state index in [4.69, 9.17) is 4.74 Å². The van der Waals surface area contributed by atoms with Crippen molar-refractivity contribution in [1.82, 2.24) is 5.32 Å². The lowest BCUT2D eigenvalue weighted by Crippen LogP contribution is -2.25. The van der Waals surface area contributed by atoms with Crippen LogP contribution in [0.1, 0.15) is 49.4 Å². The standard InChI is InChI=1S/C16H26BrNO/c1-7-8-10(2)15(18-5)14-12(4)13(17)9-11(3)16(14)19-6/h9-10,15,18H,7-8H2,1-6H3. The van der Waals surface area contributed by atoms with Crippen molar-refractivity contribution in [2.24, 2.45) is 5.92 Å². The Morgan fingerprint density at radius 2 is 2.00 bits per heavy atom. The topological polar surface area (TPSA) is 21.3 Å². The number of benzene rings is 1. The number of rotatable bonds is 6. The van der Waals surface area contributed by atoms with Crippen LogP contribution in [0.5, 0.6) is 5.75 Å². The second kappa shape index (κ2) is 7.30. The summed E-state index contributed by atoms with van der Waals surface area (Å²) >= 11 is 3.66. The molecule has 108 valence electrons. The second-order valence-electron chi connectivity index (χ2n) is 5.28. The van der Waals surface area contributed by atoms with Crippen molar-refractivity contribution >= 4 is 15.9 Å². The van der Waals surface area contributed by atoms with E-state index in [1.165, 1.54) is 29.5 Å². The largest absolute Gasteiger partial charge is 0.496 e. The first-order valence-corrected chi connectivity index (χ1v) is 7.78. The van der Waals surface area contributed by atoms with Gasteiger partial charge in [-0.1, -0.05) is 36.2 Å². The van der Waals surface area contributed by atoms with Crippen LogP contribution in [0.3, 0.4) is 0 Å². The summed E-state index contributed by atoms with van der Waals surface area (Å²) in [6.45, 7) is 8.80. The van der Waals surface area contributed by atoms with Crippen molar-refractivity contribution in [3.63, 3.8) is 0 Å². The fourth-order valence-corrected chi connectivity index (χ4v) is 3.41. The van der Waals surface area contributed by atoms with Crippen LogP contribution in [0.25, 0.3) is 0 Å². The van der Waals surface area contributed by atoms with Gasteiger partial charge in [-0.25, -0.2) is 0 Å². The minimum Gasteiger partial charge on any atom is -0.496 e. The number of hydrogen-bond acceptors (Lipinski definition) is 2. The highest BCUT2D eigenvalue weighted by Crippen LogP contribution is 2.39. The van der Waals surface area contributed by atoms with Crippen LogP contribution >= 0.6 is 15.9 Å². The molecule has 0 amide bonds. The van der Waals surface area contributed by atoms with Gasteiger partial charge in [0, 0.05) is 16.1 Å². The lowest BCUT2D eigenvalue weighted by atomic mass is 9.87. The lowest BCUT2D eigenvalue weighted by molar-refractivity contribution is 0.353. The van der Waals surface area contributed by atoms with Crippen LogP contribution in [0, 0.1) is 19.8 Å². The van der Waals surface area contributed by atoms with Crippen LogP contribution < -0.4 is 10.1 Å². The number of halogens is 1. The molecule has 1 N–H and O–H groups in total. The first-order chi connectivity index (χ1) is 8.97. The van der Waals surface area contributed by atoms with Gasteiger partial charge in [0.1, 0.15) is 5.75 Å². The minimum absolute atomic E-state index is 0.325. The van der Waals surface area contributed by atoms with Crippen molar-refractivity contribution in [2.75, 3.05) is 14.2 Å². The maximum absolute atomic E-state index is 5.66. The molecule has 0 bridgehead atoms. The molecule has 2 atom stereocenters. The number of nitrogens with one attached hydrogen (secondary N) is 1. The molecule has 1 rings (SSSR count). The zero-order chi connectivity index (χ0) is 14.6. The van der Waals surface area contributed by atoms with Crippen molar-refractivity contribution < 1.29 is 4.74 Å². The molecule has 0 saturated heterocycles. The van der Waals surface area contributed by atoms with E-state index in [9.17, 15) is 0 Å². The van der Waals surface area contributed by atoms with Crippen LogP contribution in [0.2, 0.25) is 0 Å². The SMILES string of the molecule is CCCC(C)C(NC)c1c(C)c(Br)cc(C)c1OC. The third kappa shape index (κ3) is 3.51. The van der Waals surface area contributed by atoms with Crippen molar-refractivity contribution in [3.05, 3.63) is 27.2 Å². The van der Waals surface area contributed by atoms with E-state index < -0.39 is 0 Å². The average Bonchev–Trinajstić information content (AvgIpc) is 2.36. The number of ether oxygens (including phenoxy) is 1. The predicted octanol–water partition coefficient (Wildman–Crippen LogP) is 4.77. The molecule has 1 aromatic carbocycles. The Hall–Kier alpha value is -0.540. The Morgan fingerprint density at radius 3 is 2.47 bits per heavy atom. The van der Waals surface area contributed by atoms with Gasteiger partial charge in [0.05, 0.1) is 7.11 Å². The first-order valence-electron chi connectivity index (χ1n) is 6.98. The van der Waals surface area contributed by atoms with Crippen LogP contribution in [-0.2, 0) is 0 Å². The smallest absolute Gasteiger partial charge is 0.126 e. The van der Waals surface area contributed by atoms with E-state index in [0.717, 1.165) is 10.2 Å².